The number of anilines is 4. The van der Waals surface area contributed by atoms with Crippen molar-refractivity contribution < 1.29 is 0 Å². The van der Waals surface area contributed by atoms with Crippen LogP contribution in [0.1, 0.15) is 0 Å². The van der Waals surface area contributed by atoms with Crippen molar-refractivity contribution in [2.75, 3.05) is 10.6 Å². The summed E-state index contributed by atoms with van der Waals surface area (Å²) in [5.41, 5.74) is 6.00. The molecule has 0 aliphatic carbocycles. The summed E-state index contributed by atoms with van der Waals surface area (Å²) in [7, 11) is -2.29. The molecule has 0 saturated carbocycles. The summed E-state index contributed by atoms with van der Waals surface area (Å²) in [6.07, 6.45) is 7.09. The Morgan fingerprint density at radius 1 is 0.339 bits per heavy atom. The quantitative estimate of drug-likeness (QED) is 0.172. The average Bonchev–Trinajstić information content (AvgIpc) is 3.25. The zero-order valence-electron chi connectivity index (χ0n) is 30.0. The molecule has 0 bridgehead atoms. The Bertz CT molecular complexity index is 2740. The summed E-state index contributed by atoms with van der Waals surface area (Å²) < 4.78 is 0. The number of rotatable bonds is 2. The SMILES string of the molecule is c1ccc(P2c3cc4ccccc4cc3Nc3cc4ccccc4cc3P(c3ccccc3)c3cc4ncncc4cc3Nc3cc4cncnc4cc32)cc1. The first-order valence-electron chi connectivity index (χ1n) is 18.5. The van der Waals surface area contributed by atoms with Crippen LogP contribution in [0.5, 0.6) is 0 Å². The van der Waals surface area contributed by atoms with Crippen LogP contribution in [0, 0.1) is 0 Å². The van der Waals surface area contributed by atoms with Crippen molar-refractivity contribution in [2.45, 2.75) is 0 Å². The number of aromatic nitrogens is 4. The minimum Gasteiger partial charge on any atom is -0.354 e. The van der Waals surface area contributed by atoms with E-state index < -0.39 is 15.8 Å². The predicted octanol–water partition coefficient (Wildman–Crippen LogP) is 9.20. The third-order valence-corrected chi connectivity index (χ3v) is 15.5. The smallest absolute Gasteiger partial charge is 0.116 e. The van der Waals surface area contributed by atoms with Crippen LogP contribution >= 0.6 is 15.8 Å². The maximum absolute atomic E-state index is 4.79. The van der Waals surface area contributed by atoms with E-state index in [1.54, 1.807) is 12.7 Å². The fourth-order valence-electron chi connectivity index (χ4n) is 7.89. The van der Waals surface area contributed by atoms with E-state index >= 15 is 0 Å². The lowest BCUT2D eigenvalue weighted by Crippen LogP contribution is -2.29. The molecule has 0 spiro atoms. The second-order valence-corrected chi connectivity index (χ2v) is 18.2. The Balaban J connectivity index is 1.31. The minimum absolute atomic E-state index is 0.905. The Labute approximate surface area is 325 Å². The van der Waals surface area contributed by atoms with Gasteiger partial charge in [-0.05, 0) is 96.5 Å². The molecule has 11 rings (SSSR count). The van der Waals surface area contributed by atoms with Gasteiger partial charge in [-0.2, -0.15) is 0 Å². The van der Waals surface area contributed by atoms with Gasteiger partial charge in [0, 0.05) is 67.1 Å². The molecule has 2 aromatic heterocycles. The van der Waals surface area contributed by atoms with Crippen molar-refractivity contribution in [2.24, 2.45) is 0 Å². The van der Waals surface area contributed by atoms with Crippen molar-refractivity contribution in [3.05, 3.63) is 183 Å². The summed E-state index contributed by atoms with van der Waals surface area (Å²) >= 11 is 0. The molecular formula is C48H32N6P2. The van der Waals surface area contributed by atoms with E-state index in [4.69, 9.17) is 9.97 Å². The van der Waals surface area contributed by atoms with Crippen molar-refractivity contribution in [1.82, 2.24) is 19.9 Å². The van der Waals surface area contributed by atoms with Crippen LogP contribution in [0.4, 0.5) is 22.7 Å². The predicted molar refractivity (Wildman–Crippen MR) is 238 cm³/mol. The van der Waals surface area contributed by atoms with Gasteiger partial charge in [0.25, 0.3) is 0 Å². The van der Waals surface area contributed by atoms with E-state index in [2.05, 4.69) is 178 Å². The molecule has 10 aromatic rings. The van der Waals surface area contributed by atoms with Crippen molar-refractivity contribution in [1.29, 1.82) is 0 Å². The number of fused-ring (bicyclic) bond motifs is 8. The van der Waals surface area contributed by atoms with Gasteiger partial charge in [0.1, 0.15) is 12.7 Å². The number of hydrogen-bond acceptors (Lipinski definition) is 6. The van der Waals surface area contributed by atoms with Crippen LogP contribution < -0.4 is 42.5 Å². The Morgan fingerprint density at radius 2 is 0.679 bits per heavy atom. The number of benzene rings is 8. The van der Waals surface area contributed by atoms with E-state index in [9.17, 15) is 0 Å². The summed E-state index contributed by atoms with van der Waals surface area (Å²) in [5, 5.41) is 22.2. The van der Waals surface area contributed by atoms with Crippen molar-refractivity contribution in [3.63, 3.8) is 0 Å². The molecule has 1 aliphatic rings. The van der Waals surface area contributed by atoms with Crippen LogP contribution in [-0.2, 0) is 0 Å². The van der Waals surface area contributed by atoms with Crippen LogP contribution in [0.25, 0.3) is 43.4 Å². The molecule has 0 saturated heterocycles. The molecule has 8 aromatic carbocycles. The van der Waals surface area contributed by atoms with E-state index in [1.807, 2.05) is 12.4 Å². The summed E-state index contributed by atoms with van der Waals surface area (Å²) in [6, 6.07) is 57.7. The minimum atomic E-state index is -1.15. The standard InChI is InChI=1S/C48H32N6P2/c1-3-15-37(16-4-1)55-45-23-33-13-9-7-11-31(33)19-41(45)53-42-20-32-12-8-10-14-34(32)24-46(42)56(38-17-5-2-6-18-38)48-26-40-36(28-50-30-52-40)22-44(48)54-43-21-35-27-49-29-51-39(35)25-47(43)55/h1-30,53-54H. The van der Waals surface area contributed by atoms with Crippen molar-refractivity contribution in [3.8, 4) is 0 Å². The van der Waals surface area contributed by atoms with E-state index in [-0.39, 0.29) is 0 Å². The van der Waals surface area contributed by atoms with E-state index in [0.29, 0.717) is 0 Å². The number of nitrogens with one attached hydrogen (secondary N) is 2. The Morgan fingerprint density at radius 3 is 1.09 bits per heavy atom. The fourth-order valence-corrected chi connectivity index (χ4v) is 13.0. The highest BCUT2D eigenvalue weighted by Gasteiger charge is 2.29. The van der Waals surface area contributed by atoms with Gasteiger partial charge >= 0.3 is 0 Å². The lowest BCUT2D eigenvalue weighted by molar-refractivity contribution is 1.22. The molecule has 8 heteroatoms. The van der Waals surface area contributed by atoms with E-state index in [0.717, 1.165) is 44.6 Å². The number of nitrogens with zero attached hydrogens (tertiary/aromatic N) is 4. The molecule has 1 aliphatic heterocycles. The lowest BCUT2D eigenvalue weighted by atomic mass is 10.1. The summed E-state index contributed by atoms with van der Waals surface area (Å²) in [6.45, 7) is 0. The maximum Gasteiger partial charge on any atom is 0.116 e. The molecule has 0 radical (unpaired) electrons. The molecule has 56 heavy (non-hydrogen) atoms. The molecule has 0 amide bonds. The summed E-state index contributed by atoms with van der Waals surface area (Å²) in [4.78, 5) is 18.5. The van der Waals surface area contributed by atoms with Gasteiger partial charge in [-0.1, -0.05) is 109 Å². The first-order valence-corrected chi connectivity index (χ1v) is 21.2. The van der Waals surface area contributed by atoms with Gasteiger partial charge in [-0.15, -0.1) is 0 Å². The van der Waals surface area contributed by atoms with Crippen LogP contribution in [-0.4, -0.2) is 19.9 Å². The first-order chi connectivity index (χ1) is 27.7. The molecule has 2 N–H and O–H groups in total. The van der Waals surface area contributed by atoms with E-state index in [1.165, 1.54) is 53.4 Å². The van der Waals surface area contributed by atoms with Gasteiger partial charge in [-0.25, -0.2) is 19.9 Å². The molecule has 264 valence electrons. The zero-order valence-corrected chi connectivity index (χ0v) is 31.8. The largest absolute Gasteiger partial charge is 0.354 e. The van der Waals surface area contributed by atoms with Gasteiger partial charge in [-0.3, -0.25) is 0 Å². The number of hydrogen-bond donors (Lipinski definition) is 2. The second-order valence-electron chi connectivity index (χ2n) is 13.9. The van der Waals surface area contributed by atoms with Crippen LogP contribution in [0.15, 0.2) is 183 Å². The van der Waals surface area contributed by atoms with Crippen LogP contribution in [0.3, 0.4) is 0 Å². The third kappa shape index (κ3) is 5.74. The van der Waals surface area contributed by atoms with Crippen molar-refractivity contribution >= 4 is 114 Å². The highest BCUT2D eigenvalue weighted by molar-refractivity contribution is 7.81. The molecular weight excluding hydrogens is 723 g/mol. The van der Waals surface area contributed by atoms with Gasteiger partial charge in [0.05, 0.1) is 11.0 Å². The third-order valence-electron chi connectivity index (χ3n) is 10.5. The highest BCUT2D eigenvalue weighted by atomic mass is 31.1. The lowest BCUT2D eigenvalue weighted by Gasteiger charge is -2.30. The summed E-state index contributed by atoms with van der Waals surface area (Å²) in [5.74, 6) is 0. The Kier molecular flexibility index (Phi) is 7.98. The van der Waals surface area contributed by atoms with Gasteiger partial charge in [0.15, 0.2) is 0 Å². The molecule has 3 heterocycles. The first kappa shape index (κ1) is 32.8. The van der Waals surface area contributed by atoms with Gasteiger partial charge < -0.3 is 10.6 Å². The molecule has 2 unspecified atom stereocenters. The molecule has 6 nitrogen and oxygen atoms in total. The zero-order chi connectivity index (χ0) is 37.0. The topological polar surface area (TPSA) is 75.6 Å². The molecule has 0 fully saturated rings. The van der Waals surface area contributed by atoms with Gasteiger partial charge in [0.2, 0.25) is 0 Å². The normalized spacial score (nSPS) is 15.1. The average molecular weight is 755 g/mol. The Hall–Kier alpha value is -6.58. The fraction of sp³-hybridized carbons (Fsp3) is 0. The second kappa shape index (κ2) is 13.6. The maximum atomic E-state index is 4.79. The molecule has 2 atom stereocenters. The highest BCUT2D eigenvalue weighted by Crippen LogP contribution is 2.46. The van der Waals surface area contributed by atoms with Crippen LogP contribution in [0.2, 0.25) is 0 Å². The monoisotopic (exact) mass is 754 g/mol.